The van der Waals surface area contributed by atoms with Gasteiger partial charge in [-0.1, -0.05) is 6.07 Å². The van der Waals surface area contributed by atoms with Crippen LogP contribution >= 0.6 is 0 Å². The van der Waals surface area contributed by atoms with Gasteiger partial charge in [0.2, 0.25) is 0 Å². The van der Waals surface area contributed by atoms with Crippen molar-refractivity contribution in [1.82, 2.24) is 0 Å². The summed E-state index contributed by atoms with van der Waals surface area (Å²) in [6.45, 7) is 6.40. The number of nitrogens with two attached hydrogens (primary N) is 1. The molecule has 0 radical (unpaired) electrons. The third kappa shape index (κ3) is 4.26. The molecule has 2 aromatic carbocycles. The van der Waals surface area contributed by atoms with Crippen molar-refractivity contribution in [3.8, 4) is 17.6 Å². The second-order valence-electron chi connectivity index (χ2n) is 8.61. The quantitative estimate of drug-likeness (QED) is 0.425. The van der Waals surface area contributed by atoms with Gasteiger partial charge in [0.05, 0.1) is 41.4 Å². The monoisotopic (exact) mass is 488 g/mol. The van der Waals surface area contributed by atoms with Crippen molar-refractivity contribution in [3.63, 3.8) is 0 Å². The summed E-state index contributed by atoms with van der Waals surface area (Å²) in [7, 11) is 0. The number of ketones is 1. The molecule has 1 aliphatic heterocycles. The number of Topliss-reactive ketones (excluding diaryl/α,β-unsaturated/α-hetero) is 1. The van der Waals surface area contributed by atoms with Gasteiger partial charge in [-0.15, -0.1) is 0 Å². The van der Waals surface area contributed by atoms with E-state index in [2.05, 4.69) is 6.07 Å². The molecule has 9 nitrogen and oxygen atoms in total. The van der Waals surface area contributed by atoms with Crippen LogP contribution in [0.3, 0.4) is 0 Å². The van der Waals surface area contributed by atoms with Gasteiger partial charge >= 0.3 is 0 Å². The van der Waals surface area contributed by atoms with Crippen molar-refractivity contribution in [1.29, 1.82) is 5.26 Å². The van der Waals surface area contributed by atoms with Gasteiger partial charge in [0.15, 0.2) is 5.78 Å². The van der Waals surface area contributed by atoms with Crippen LogP contribution in [0.25, 0.3) is 0 Å². The minimum atomic E-state index is -0.741. The van der Waals surface area contributed by atoms with E-state index in [1.54, 1.807) is 29.2 Å². The molecule has 9 heteroatoms. The number of anilines is 1. The average molecular weight is 489 g/mol. The van der Waals surface area contributed by atoms with Gasteiger partial charge < -0.3 is 15.2 Å². The molecule has 0 fully saturated rings. The number of nitriles is 1. The molecule has 0 amide bonds. The molecule has 1 aliphatic carbocycles. The molecule has 0 bridgehead atoms. The topological polar surface area (TPSA) is 132 Å². The third-order valence-electron chi connectivity index (χ3n) is 6.46. The lowest BCUT2D eigenvalue weighted by Gasteiger charge is -2.40. The first-order chi connectivity index (χ1) is 17.3. The molecular formula is C27H28N4O5. The highest BCUT2D eigenvalue weighted by Crippen LogP contribution is 2.49. The Kier molecular flexibility index (Phi) is 6.97. The second-order valence-corrected chi connectivity index (χ2v) is 8.61. The SMILES string of the molecule is CCOc1ccc(OCC)c(C2C(C#N)=C(N)N(c3cc([N+](=O)[O-])ccc3C)C3=C2C(=O)CCC3)c1. The highest BCUT2D eigenvalue weighted by Gasteiger charge is 2.42. The lowest BCUT2D eigenvalue weighted by Crippen LogP contribution is -2.39. The van der Waals surface area contributed by atoms with Crippen LogP contribution in [0, 0.1) is 28.4 Å². The van der Waals surface area contributed by atoms with Crippen LogP contribution in [0.5, 0.6) is 11.5 Å². The molecule has 0 spiro atoms. The second kappa shape index (κ2) is 10.1. The molecule has 0 saturated carbocycles. The van der Waals surface area contributed by atoms with Gasteiger partial charge in [-0.05, 0) is 57.4 Å². The first-order valence-corrected chi connectivity index (χ1v) is 11.9. The predicted octanol–water partition coefficient (Wildman–Crippen LogP) is 5.01. The van der Waals surface area contributed by atoms with Gasteiger partial charge in [-0.25, -0.2) is 0 Å². The lowest BCUT2D eigenvalue weighted by atomic mass is 9.75. The smallest absolute Gasteiger partial charge is 0.271 e. The average Bonchev–Trinajstić information content (AvgIpc) is 2.85. The van der Waals surface area contributed by atoms with E-state index in [4.69, 9.17) is 15.2 Å². The van der Waals surface area contributed by atoms with Crippen molar-refractivity contribution in [3.05, 3.63) is 80.3 Å². The maximum Gasteiger partial charge on any atom is 0.271 e. The number of hydrogen-bond acceptors (Lipinski definition) is 8. The van der Waals surface area contributed by atoms with Crippen LogP contribution in [0.4, 0.5) is 11.4 Å². The number of carbonyl (C=O) groups is 1. The zero-order valence-electron chi connectivity index (χ0n) is 20.5. The lowest BCUT2D eigenvalue weighted by molar-refractivity contribution is -0.384. The Labute approximate surface area is 209 Å². The Morgan fingerprint density at radius 3 is 2.58 bits per heavy atom. The summed E-state index contributed by atoms with van der Waals surface area (Å²) in [4.78, 5) is 26.1. The minimum absolute atomic E-state index is 0.0844. The van der Waals surface area contributed by atoms with Gasteiger partial charge in [0, 0.05) is 35.4 Å². The van der Waals surface area contributed by atoms with Crippen LogP contribution in [-0.4, -0.2) is 23.9 Å². The van der Waals surface area contributed by atoms with Crippen LogP contribution < -0.4 is 20.1 Å². The number of nitro groups is 1. The molecular weight excluding hydrogens is 460 g/mol. The van der Waals surface area contributed by atoms with E-state index in [0.717, 1.165) is 5.56 Å². The first kappa shape index (κ1) is 24.8. The number of allylic oxidation sites excluding steroid dienone is 3. The van der Waals surface area contributed by atoms with E-state index >= 15 is 0 Å². The summed E-state index contributed by atoms with van der Waals surface area (Å²) in [5, 5.41) is 21.8. The van der Waals surface area contributed by atoms with Gasteiger partial charge in [-0.2, -0.15) is 5.26 Å². The number of benzene rings is 2. The van der Waals surface area contributed by atoms with Gasteiger partial charge in [0.1, 0.15) is 17.3 Å². The first-order valence-electron chi connectivity index (χ1n) is 11.9. The fourth-order valence-electron chi connectivity index (χ4n) is 4.92. The van der Waals surface area contributed by atoms with E-state index in [0.29, 0.717) is 66.5 Å². The van der Waals surface area contributed by atoms with Crippen molar-refractivity contribution >= 4 is 17.2 Å². The molecule has 186 valence electrons. The highest BCUT2D eigenvalue weighted by molar-refractivity contribution is 6.01. The Morgan fingerprint density at radius 1 is 1.17 bits per heavy atom. The molecule has 36 heavy (non-hydrogen) atoms. The van der Waals surface area contributed by atoms with E-state index in [9.17, 15) is 20.2 Å². The Morgan fingerprint density at radius 2 is 1.92 bits per heavy atom. The number of hydrogen-bond donors (Lipinski definition) is 1. The fourth-order valence-corrected chi connectivity index (χ4v) is 4.92. The zero-order chi connectivity index (χ0) is 26.0. The predicted molar refractivity (Wildman–Crippen MR) is 135 cm³/mol. The van der Waals surface area contributed by atoms with Crippen molar-refractivity contribution in [2.45, 2.75) is 46.0 Å². The maximum atomic E-state index is 13.5. The fraction of sp³-hybridized carbons (Fsp3) is 0.333. The summed E-state index contributed by atoms with van der Waals surface area (Å²) in [5.74, 6) is 0.448. The van der Waals surface area contributed by atoms with Crippen LogP contribution in [0.1, 0.15) is 50.2 Å². The number of carbonyl (C=O) groups excluding carboxylic acids is 1. The Balaban J connectivity index is 2.01. The van der Waals surface area contributed by atoms with Crippen LogP contribution in [0.2, 0.25) is 0 Å². The molecule has 2 aromatic rings. The van der Waals surface area contributed by atoms with Crippen LogP contribution in [-0.2, 0) is 4.79 Å². The third-order valence-corrected chi connectivity index (χ3v) is 6.46. The molecule has 0 aromatic heterocycles. The molecule has 1 heterocycles. The largest absolute Gasteiger partial charge is 0.494 e. The standard InChI is InChI=1S/C27H28N4O5/c1-4-35-18-11-12-24(36-5-2)19(14-18)25-20(15-28)27(29)30(21-7-6-8-23(32)26(21)25)22-13-17(31(33)34)10-9-16(22)3/h9-14,25H,4-8,29H2,1-3H3. The van der Waals surface area contributed by atoms with Crippen molar-refractivity contribution in [2.75, 3.05) is 18.1 Å². The normalized spacial score (nSPS) is 17.6. The highest BCUT2D eigenvalue weighted by atomic mass is 16.6. The summed E-state index contributed by atoms with van der Waals surface area (Å²) in [6.07, 6.45) is 1.49. The molecule has 2 aliphatic rings. The number of nitro benzene ring substituents is 1. The van der Waals surface area contributed by atoms with Gasteiger partial charge in [0.25, 0.3) is 5.69 Å². The Bertz CT molecular complexity index is 1340. The molecule has 1 unspecified atom stereocenters. The zero-order valence-corrected chi connectivity index (χ0v) is 20.5. The van der Waals surface area contributed by atoms with E-state index in [1.165, 1.54) is 12.1 Å². The van der Waals surface area contributed by atoms with Crippen molar-refractivity contribution in [2.24, 2.45) is 5.73 Å². The number of non-ortho nitro benzene ring substituents is 1. The summed E-state index contributed by atoms with van der Waals surface area (Å²) in [5.41, 5.74) is 9.69. The van der Waals surface area contributed by atoms with Crippen LogP contribution in [0.15, 0.2) is 59.1 Å². The number of nitrogens with zero attached hydrogens (tertiary/aromatic N) is 3. The number of aryl methyl sites for hydroxylation is 1. The summed E-state index contributed by atoms with van der Waals surface area (Å²) >= 11 is 0. The van der Waals surface area contributed by atoms with E-state index in [1.807, 2.05) is 20.8 Å². The molecule has 0 saturated heterocycles. The summed E-state index contributed by atoms with van der Waals surface area (Å²) in [6, 6.07) is 12.1. The molecule has 4 rings (SSSR count). The van der Waals surface area contributed by atoms with E-state index in [-0.39, 0.29) is 22.9 Å². The number of ether oxygens (including phenoxy) is 2. The van der Waals surface area contributed by atoms with Crippen molar-refractivity contribution < 1.29 is 19.2 Å². The minimum Gasteiger partial charge on any atom is -0.494 e. The molecule has 1 atom stereocenters. The summed E-state index contributed by atoms with van der Waals surface area (Å²) < 4.78 is 11.6. The van der Waals surface area contributed by atoms with Gasteiger partial charge in [-0.3, -0.25) is 19.8 Å². The number of rotatable bonds is 7. The molecule has 2 N–H and O–H groups in total. The maximum absolute atomic E-state index is 13.5. The van der Waals surface area contributed by atoms with E-state index < -0.39 is 10.8 Å². The Hall–Kier alpha value is -4.32.